The number of aromatic nitrogens is 1. The molecule has 1 heterocycles. The Morgan fingerprint density at radius 3 is 2.38 bits per heavy atom. The van der Waals surface area contributed by atoms with Crippen LogP contribution >= 0.6 is 0 Å². The van der Waals surface area contributed by atoms with E-state index in [9.17, 15) is 4.79 Å². The first-order chi connectivity index (χ1) is 10.2. The highest BCUT2D eigenvalue weighted by Gasteiger charge is 2.18. The molecule has 118 valence electrons. The lowest BCUT2D eigenvalue weighted by atomic mass is 10.1. The number of rotatable bonds is 10. The van der Waals surface area contributed by atoms with Gasteiger partial charge in [0.05, 0.1) is 11.3 Å². The van der Waals surface area contributed by atoms with E-state index in [1.807, 2.05) is 11.0 Å². The van der Waals surface area contributed by atoms with Crippen LogP contribution in [0.2, 0.25) is 0 Å². The zero-order valence-electron chi connectivity index (χ0n) is 13.7. The molecule has 4 nitrogen and oxygen atoms in total. The van der Waals surface area contributed by atoms with Crippen LogP contribution in [0.15, 0.2) is 18.5 Å². The lowest BCUT2D eigenvalue weighted by Crippen LogP contribution is -2.33. The molecule has 1 N–H and O–H groups in total. The van der Waals surface area contributed by atoms with Gasteiger partial charge < -0.3 is 10.2 Å². The van der Waals surface area contributed by atoms with Gasteiger partial charge in [0, 0.05) is 32.0 Å². The predicted molar refractivity (Wildman–Crippen MR) is 88.7 cm³/mol. The monoisotopic (exact) mass is 291 g/mol. The molecule has 0 saturated heterocycles. The van der Waals surface area contributed by atoms with Gasteiger partial charge in [-0.2, -0.15) is 0 Å². The number of hydrogen-bond donors (Lipinski definition) is 1. The van der Waals surface area contributed by atoms with Gasteiger partial charge in [-0.1, -0.05) is 33.6 Å². The fourth-order valence-electron chi connectivity index (χ4n) is 2.16. The van der Waals surface area contributed by atoms with Crippen molar-refractivity contribution in [1.82, 2.24) is 9.88 Å². The van der Waals surface area contributed by atoms with Gasteiger partial charge >= 0.3 is 0 Å². The van der Waals surface area contributed by atoms with Crippen molar-refractivity contribution in [3.63, 3.8) is 0 Å². The lowest BCUT2D eigenvalue weighted by molar-refractivity contribution is 0.0751. The van der Waals surface area contributed by atoms with E-state index in [4.69, 9.17) is 0 Å². The maximum atomic E-state index is 12.8. The lowest BCUT2D eigenvalue weighted by Gasteiger charge is -2.23. The molecule has 0 spiro atoms. The highest BCUT2D eigenvalue weighted by molar-refractivity contribution is 5.99. The van der Waals surface area contributed by atoms with Crippen LogP contribution in [0.4, 0.5) is 5.69 Å². The minimum absolute atomic E-state index is 0.101. The van der Waals surface area contributed by atoms with E-state index in [-0.39, 0.29) is 5.91 Å². The SMILES string of the molecule is CCCCN(CCCC)C(=O)c1cnccc1NCCC. The van der Waals surface area contributed by atoms with Crippen molar-refractivity contribution in [1.29, 1.82) is 0 Å². The van der Waals surface area contributed by atoms with Crippen LogP contribution in [0, 0.1) is 0 Å². The summed E-state index contributed by atoms with van der Waals surface area (Å²) in [4.78, 5) is 18.9. The molecule has 0 bridgehead atoms. The second-order valence-electron chi connectivity index (χ2n) is 5.35. The summed E-state index contributed by atoms with van der Waals surface area (Å²) in [5.74, 6) is 0.101. The quantitative estimate of drug-likeness (QED) is 0.710. The maximum Gasteiger partial charge on any atom is 0.257 e. The van der Waals surface area contributed by atoms with Crippen LogP contribution < -0.4 is 5.32 Å². The van der Waals surface area contributed by atoms with E-state index >= 15 is 0 Å². The van der Waals surface area contributed by atoms with Crippen molar-refractivity contribution < 1.29 is 4.79 Å². The molecule has 0 aliphatic rings. The van der Waals surface area contributed by atoms with Crippen molar-refractivity contribution >= 4 is 11.6 Å². The van der Waals surface area contributed by atoms with Gasteiger partial charge in [0.25, 0.3) is 5.91 Å². The average Bonchev–Trinajstić information content (AvgIpc) is 2.52. The third-order valence-electron chi connectivity index (χ3n) is 3.47. The Morgan fingerprint density at radius 2 is 1.81 bits per heavy atom. The zero-order valence-corrected chi connectivity index (χ0v) is 13.7. The molecule has 1 rings (SSSR count). The predicted octanol–water partition coefficient (Wildman–Crippen LogP) is 3.95. The number of carbonyl (C=O) groups is 1. The summed E-state index contributed by atoms with van der Waals surface area (Å²) in [7, 11) is 0. The number of anilines is 1. The summed E-state index contributed by atoms with van der Waals surface area (Å²) in [6.45, 7) is 8.95. The second-order valence-corrected chi connectivity index (χ2v) is 5.35. The van der Waals surface area contributed by atoms with E-state index in [0.29, 0.717) is 5.56 Å². The molecule has 0 saturated carbocycles. The third kappa shape index (κ3) is 5.74. The number of nitrogens with one attached hydrogen (secondary N) is 1. The highest BCUT2D eigenvalue weighted by atomic mass is 16.2. The largest absolute Gasteiger partial charge is 0.384 e. The minimum atomic E-state index is 0.101. The number of carbonyl (C=O) groups excluding carboxylic acids is 1. The first kappa shape index (κ1) is 17.5. The molecule has 0 aliphatic carbocycles. The van der Waals surface area contributed by atoms with E-state index in [1.165, 1.54) is 0 Å². The molecule has 0 atom stereocenters. The molecule has 21 heavy (non-hydrogen) atoms. The number of unbranched alkanes of at least 4 members (excludes halogenated alkanes) is 2. The van der Waals surface area contributed by atoms with Crippen LogP contribution in [0.1, 0.15) is 63.2 Å². The summed E-state index contributed by atoms with van der Waals surface area (Å²) < 4.78 is 0. The van der Waals surface area contributed by atoms with E-state index in [2.05, 4.69) is 31.1 Å². The summed E-state index contributed by atoms with van der Waals surface area (Å²) in [6.07, 6.45) is 8.75. The normalized spacial score (nSPS) is 10.4. The Morgan fingerprint density at radius 1 is 1.14 bits per heavy atom. The van der Waals surface area contributed by atoms with Crippen LogP contribution in [-0.2, 0) is 0 Å². The molecule has 0 fully saturated rings. The fourth-order valence-corrected chi connectivity index (χ4v) is 2.16. The Kier molecular flexibility index (Phi) is 8.48. The molecule has 0 aliphatic heterocycles. The Hall–Kier alpha value is -1.58. The van der Waals surface area contributed by atoms with Gasteiger partial charge in [0.2, 0.25) is 0 Å². The first-order valence-corrected chi connectivity index (χ1v) is 8.21. The van der Waals surface area contributed by atoms with Crippen molar-refractivity contribution in [2.24, 2.45) is 0 Å². The van der Waals surface area contributed by atoms with Crippen molar-refractivity contribution in [2.75, 3.05) is 25.0 Å². The molecular formula is C17H29N3O. The summed E-state index contributed by atoms with van der Waals surface area (Å²) in [6, 6.07) is 1.89. The molecular weight excluding hydrogens is 262 g/mol. The summed E-state index contributed by atoms with van der Waals surface area (Å²) in [5.41, 5.74) is 1.59. The number of hydrogen-bond acceptors (Lipinski definition) is 3. The van der Waals surface area contributed by atoms with Crippen molar-refractivity contribution in [3.8, 4) is 0 Å². The Balaban J connectivity index is 2.85. The molecule has 4 heteroatoms. The average molecular weight is 291 g/mol. The van der Waals surface area contributed by atoms with E-state index in [1.54, 1.807) is 12.4 Å². The van der Waals surface area contributed by atoms with Gasteiger partial charge in [0.1, 0.15) is 0 Å². The fraction of sp³-hybridized carbons (Fsp3) is 0.647. The summed E-state index contributed by atoms with van der Waals surface area (Å²) in [5, 5.41) is 3.32. The van der Waals surface area contributed by atoms with E-state index < -0.39 is 0 Å². The Bertz CT molecular complexity index is 412. The molecule has 1 amide bonds. The molecule has 0 aromatic carbocycles. The first-order valence-electron chi connectivity index (χ1n) is 8.21. The number of nitrogens with zero attached hydrogens (tertiary/aromatic N) is 2. The van der Waals surface area contributed by atoms with Gasteiger partial charge in [-0.3, -0.25) is 9.78 Å². The smallest absolute Gasteiger partial charge is 0.257 e. The van der Waals surface area contributed by atoms with Gasteiger partial charge in [-0.15, -0.1) is 0 Å². The standard InChI is InChI=1S/C17H29N3O/c1-4-7-12-20(13-8-5-2)17(21)15-14-18-11-9-16(15)19-10-6-3/h9,11,14H,4-8,10,12-13H2,1-3H3,(H,18,19). The van der Waals surface area contributed by atoms with Crippen LogP contribution in [0.5, 0.6) is 0 Å². The molecule has 0 unspecified atom stereocenters. The topological polar surface area (TPSA) is 45.2 Å². The van der Waals surface area contributed by atoms with Crippen molar-refractivity contribution in [2.45, 2.75) is 52.9 Å². The van der Waals surface area contributed by atoms with Crippen LogP contribution in [0.25, 0.3) is 0 Å². The summed E-state index contributed by atoms with van der Waals surface area (Å²) >= 11 is 0. The maximum absolute atomic E-state index is 12.8. The zero-order chi connectivity index (χ0) is 15.5. The minimum Gasteiger partial charge on any atom is -0.384 e. The van der Waals surface area contributed by atoms with Crippen molar-refractivity contribution in [3.05, 3.63) is 24.0 Å². The number of pyridine rings is 1. The second kappa shape index (κ2) is 10.2. The third-order valence-corrected chi connectivity index (χ3v) is 3.47. The molecule has 1 aromatic rings. The Labute approximate surface area is 129 Å². The van der Waals surface area contributed by atoms with Crippen LogP contribution in [-0.4, -0.2) is 35.4 Å². The number of amides is 1. The molecule has 0 radical (unpaired) electrons. The van der Waals surface area contributed by atoms with Crippen LogP contribution in [0.3, 0.4) is 0 Å². The molecule has 1 aromatic heterocycles. The van der Waals surface area contributed by atoms with Gasteiger partial charge in [-0.05, 0) is 25.3 Å². The van der Waals surface area contributed by atoms with E-state index in [0.717, 1.165) is 57.4 Å². The van der Waals surface area contributed by atoms with Gasteiger partial charge in [-0.25, -0.2) is 0 Å². The van der Waals surface area contributed by atoms with Gasteiger partial charge in [0.15, 0.2) is 0 Å². The highest BCUT2D eigenvalue weighted by Crippen LogP contribution is 2.17.